The van der Waals surface area contributed by atoms with Crippen LogP contribution in [0.5, 0.6) is 0 Å². The van der Waals surface area contributed by atoms with Crippen LogP contribution in [0.3, 0.4) is 0 Å². The van der Waals surface area contributed by atoms with Gasteiger partial charge in [0.25, 0.3) is 0 Å². The number of hydrogen-bond acceptors (Lipinski definition) is 3. The van der Waals surface area contributed by atoms with Crippen LogP contribution >= 0.6 is 24.2 Å². The number of nitrogens with two attached hydrogens (primary N) is 1. The van der Waals surface area contributed by atoms with E-state index in [4.69, 9.17) is 10.8 Å². The maximum absolute atomic E-state index is 8.33. The summed E-state index contributed by atoms with van der Waals surface area (Å²) in [7, 11) is 0. The molecule has 0 saturated carbocycles. The zero-order chi connectivity index (χ0) is 5.70. The van der Waals surface area contributed by atoms with Gasteiger partial charge in [0.15, 0.2) is 0 Å². The minimum absolute atomic E-state index is 0. The van der Waals surface area contributed by atoms with Crippen LogP contribution in [0.15, 0.2) is 0 Å². The lowest BCUT2D eigenvalue weighted by Gasteiger charge is -2.02. The predicted octanol–water partition coefficient (Wildman–Crippen LogP) is 0.0908. The van der Waals surface area contributed by atoms with Gasteiger partial charge in [0, 0.05) is 11.8 Å². The highest BCUT2D eigenvalue weighted by Gasteiger charge is 1.94. The molecule has 0 heterocycles. The summed E-state index contributed by atoms with van der Waals surface area (Å²) in [5.41, 5.74) is 5.31. The van der Waals surface area contributed by atoms with Crippen molar-refractivity contribution in [3.63, 3.8) is 0 Å². The van der Waals surface area contributed by atoms with Crippen molar-refractivity contribution in [2.45, 2.75) is 6.04 Å². The second-order valence-corrected chi connectivity index (χ2v) is 2.31. The summed E-state index contributed by atoms with van der Waals surface area (Å²) in [4.78, 5) is 0. The van der Waals surface area contributed by atoms with E-state index >= 15 is 0 Å². The molecule has 2 nitrogen and oxygen atoms in total. The van der Waals surface area contributed by atoms with Crippen molar-refractivity contribution in [3.05, 3.63) is 0 Å². The first-order chi connectivity index (χ1) is 3.31. The van der Waals surface area contributed by atoms with E-state index in [1.807, 2.05) is 6.26 Å². The number of halogens is 1. The average Bonchev–Trinajstić information content (AvgIpc) is 1.68. The van der Waals surface area contributed by atoms with Gasteiger partial charge in [0.2, 0.25) is 0 Å². The van der Waals surface area contributed by atoms with Gasteiger partial charge in [-0.1, -0.05) is 0 Å². The zero-order valence-electron chi connectivity index (χ0n) is 4.83. The van der Waals surface area contributed by atoms with Gasteiger partial charge in [-0.05, 0) is 6.26 Å². The van der Waals surface area contributed by atoms with Crippen LogP contribution < -0.4 is 5.73 Å². The van der Waals surface area contributed by atoms with Crippen molar-refractivity contribution in [2.24, 2.45) is 5.73 Å². The Morgan fingerprint density at radius 2 is 2.25 bits per heavy atom. The zero-order valence-corrected chi connectivity index (χ0v) is 6.47. The summed E-state index contributed by atoms with van der Waals surface area (Å²) in [6.07, 6.45) is 1.97. The van der Waals surface area contributed by atoms with E-state index in [9.17, 15) is 0 Å². The minimum atomic E-state index is -0.0324. The predicted molar refractivity (Wildman–Crippen MR) is 40.7 cm³/mol. The van der Waals surface area contributed by atoms with Crippen LogP contribution in [0.4, 0.5) is 0 Å². The first-order valence-electron chi connectivity index (χ1n) is 2.16. The number of rotatable bonds is 3. The molecule has 0 aromatic rings. The largest absolute Gasteiger partial charge is 0.395 e. The Hall–Kier alpha value is 0.560. The third-order valence-electron chi connectivity index (χ3n) is 0.615. The van der Waals surface area contributed by atoms with Crippen LogP contribution in [0.2, 0.25) is 0 Å². The molecule has 0 amide bonds. The first kappa shape index (κ1) is 11.4. The fourth-order valence-electron chi connectivity index (χ4n) is 0.267. The Morgan fingerprint density at radius 1 is 1.75 bits per heavy atom. The Kier molecular flexibility index (Phi) is 10.7. The van der Waals surface area contributed by atoms with E-state index in [0.717, 1.165) is 5.75 Å². The van der Waals surface area contributed by atoms with Crippen molar-refractivity contribution in [1.29, 1.82) is 0 Å². The fourth-order valence-corrected chi connectivity index (χ4v) is 0.800. The maximum Gasteiger partial charge on any atom is 0.0590 e. The van der Waals surface area contributed by atoms with E-state index in [0.29, 0.717) is 0 Å². The fraction of sp³-hybridized carbons (Fsp3) is 1.00. The second kappa shape index (κ2) is 7.56. The molecule has 1 atom stereocenters. The molecule has 0 bridgehead atoms. The summed E-state index contributed by atoms with van der Waals surface area (Å²) >= 11 is 1.65. The lowest BCUT2D eigenvalue weighted by Crippen LogP contribution is -2.26. The molecule has 4 heteroatoms. The van der Waals surface area contributed by atoms with Gasteiger partial charge in [-0.25, -0.2) is 0 Å². The number of hydrogen-bond donors (Lipinski definition) is 2. The van der Waals surface area contributed by atoms with Crippen LogP contribution in [-0.4, -0.2) is 29.8 Å². The van der Waals surface area contributed by atoms with Gasteiger partial charge in [-0.3, -0.25) is 0 Å². The molecule has 0 aromatic carbocycles. The van der Waals surface area contributed by atoms with Crippen molar-refractivity contribution in [1.82, 2.24) is 0 Å². The standard InChI is InChI=1S/C4H11NOS.ClH/c1-7-3-4(5)2-6;/h4,6H,2-3,5H2,1H3;1H/t4-;/m0./s1. The molecule has 0 aliphatic rings. The topological polar surface area (TPSA) is 46.2 Å². The monoisotopic (exact) mass is 157 g/mol. The molecule has 0 unspecified atom stereocenters. The van der Waals surface area contributed by atoms with Gasteiger partial charge in [-0.2, -0.15) is 11.8 Å². The Labute approximate surface area is 60.2 Å². The lowest BCUT2D eigenvalue weighted by molar-refractivity contribution is 0.275. The smallest absolute Gasteiger partial charge is 0.0590 e. The van der Waals surface area contributed by atoms with Gasteiger partial charge >= 0.3 is 0 Å². The van der Waals surface area contributed by atoms with E-state index in [2.05, 4.69) is 0 Å². The summed E-state index contributed by atoms with van der Waals surface area (Å²) < 4.78 is 0. The van der Waals surface area contributed by atoms with Gasteiger partial charge < -0.3 is 10.8 Å². The molecule has 0 aromatic heterocycles. The number of aliphatic hydroxyl groups excluding tert-OH is 1. The average molecular weight is 158 g/mol. The van der Waals surface area contributed by atoms with Crippen molar-refractivity contribution in [3.8, 4) is 0 Å². The van der Waals surface area contributed by atoms with Gasteiger partial charge in [0.1, 0.15) is 0 Å². The van der Waals surface area contributed by atoms with Crippen molar-refractivity contribution >= 4 is 24.2 Å². The maximum atomic E-state index is 8.33. The molecule has 0 aliphatic heterocycles. The molecular formula is C4H12ClNOS. The van der Waals surface area contributed by atoms with Crippen LogP contribution in [0.25, 0.3) is 0 Å². The summed E-state index contributed by atoms with van der Waals surface area (Å²) in [5.74, 6) is 0.844. The quantitative estimate of drug-likeness (QED) is 0.611. The molecule has 3 N–H and O–H groups in total. The van der Waals surface area contributed by atoms with Crippen molar-refractivity contribution in [2.75, 3.05) is 18.6 Å². The summed E-state index contributed by atoms with van der Waals surface area (Å²) in [5, 5.41) is 8.33. The number of thioether (sulfide) groups is 1. The lowest BCUT2D eigenvalue weighted by atomic mass is 10.4. The Balaban J connectivity index is 0. The summed E-state index contributed by atoms with van der Waals surface area (Å²) in [6, 6.07) is -0.0324. The molecule has 0 aliphatic carbocycles. The molecular weight excluding hydrogens is 146 g/mol. The van der Waals surface area contributed by atoms with Crippen LogP contribution in [0.1, 0.15) is 0 Å². The molecule has 0 rings (SSSR count). The Bertz CT molecular complexity index is 47.0. The highest BCUT2D eigenvalue weighted by molar-refractivity contribution is 7.98. The van der Waals surface area contributed by atoms with E-state index in [-0.39, 0.29) is 25.1 Å². The highest BCUT2D eigenvalue weighted by atomic mass is 35.5. The SMILES string of the molecule is CSC[C@@H](N)CO.Cl. The van der Waals surface area contributed by atoms with Crippen LogP contribution in [0, 0.1) is 0 Å². The normalized spacial score (nSPS) is 12.4. The molecule has 0 radical (unpaired) electrons. The van der Waals surface area contributed by atoms with Crippen LogP contribution in [-0.2, 0) is 0 Å². The van der Waals surface area contributed by atoms with E-state index in [1.54, 1.807) is 11.8 Å². The first-order valence-corrected chi connectivity index (χ1v) is 3.56. The van der Waals surface area contributed by atoms with Gasteiger partial charge in [0.05, 0.1) is 6.61 Å². The van der Waals surface area contributed by atoms with E-state index < -0.39 is 0 Å². The van der Waals surface area contributed by atoms with Gasteiger partial charge in [-0.15, -0.1) is 12.4 Å². The molecule has 8 heavy (non-hydrogen) atoms. The molecule has 0 spiro atoms. The van der Waals surface area contributed by atoms with Crippen molar-refractivity contribution < 1.29 is 5.11 Å². The highest BCUT2D eigenvalue weighted by Crippen LogP contribution is 1.91. The third kappa shape index (κ3) is 6.56. The third-order valence-corrected chi connectivity index (χ3v) is 1.38. The van der Waals surface area contributed by atoms with E-state index in [1.165, 1.54) is 0 Å². The Morgan fingerprint density at radius 3 is 2.38 bits per heavy atom. The summed E-state index contributed by atoms with van der Waals surface area (Å²) in [6.45, 7) is 0.0981. The minimum Gasteiger partial charge on any atom is -0.395 e. The molecule has 0 fully saturated rings. The second-order valence-electron chi connectivity index (χ2n) is 1.40. The number of aliphatic hydroxyl groups is 1. The molecule has 0 saturated heterocycles. The molecule has 52 valence electrons.